The molecule has 3 aromatic rings. The van der Waals surface area contributed by atoms with Crippen molar-refractivity contribution in [2.24, 2.45) is 0 Å². The molecule has 14 nitrogen and oxygen atoms in total. The van der Waals surface area contributed by atoms with Gasteiger partial charge in [0.1, 0.15) is 30.1 Å². The number of unbranched alkanes of at least 4 members (excludes halogenated alkanes) is 15. The highest BCUT2D eigenvalue weighted by atomic mass is 35.5. The number of nitrogens with zero attached hydrogens (tertiary/aromatic N) is 4. The van der Waals surface area contributed by atoms with Gasteiger partial charge in [0, 0.05) is 20.1 Å². The third-order valence-electron chi connectivity index (χ3n) is 11.0. The Hall–Kier alpha value is -2.38. The topological polar surface area (TPSA) is 182 Å². The van der Waals surface area contributed by atoms with Gasteiger partial charge in [-0.2, -0.15) is 10.4 Å². The Balaban J connectivity index is 1.24. The first-order chi connectivity index (χ1) is 29.3. The lowest BCUT2D eigenvalue weighted by Crippen LogP contribution is -2.43. The van der Waals surface area contributed by atoms with Crippen LogP contribution in [0.4, 0.5) is 5.82 Å². The number of phosphoric ester groups is 1. The summed E-state index contributed by atoms with van der Waals surface area (Å²) in [4.78, 5) is 14.8. The fourth-order valence-corrected chi connectivity index (χ4v) is 8.48. The molecule has 342 valence electrons. The van der Waals surface area contributed by atoms with Crippen LogP contribution in [-0.2, 0) is 49.5 Å². The number of nitriles is 1. The summed E-state index contributed by atoms with van der Waals surface area (Å²) in [6, 6.07) is 10.8. The Bertz CT molecular complexity index is 1830. The number of phosphoric acid groups is 1. The van der Waals surface area contributed by atoms with Gasteiger partial charge in [-0.15, -0.1) is 0 Å². The van der Waals surface area contributed by atoms with Crippen LogP contribution in [0.25, 0.3) is 5.52 Å². The molecule has 0 bridgehead atoms. The summed E-state index contributed by atoms with van der Waals surface area (Å²) in [6.45, 7) is 5.77. The van der Waals surface area contributed by atoms with Crippen LogP contribution in [0.1, 0.15) is 141 Å². The van der Waals surface area contributed by atoms with Gasteiger partial charge in [-0.1, -0.05) is 133 Å². The number of fused-ring (bicyclic) bond motifs is 1. The van der Waals surface area contributed by atoms with Gasteiger partial charge in [0.05, 0.1) is 48.3 Å². The second-order valence-electron chi connectivity index (χ2n) is 16.3. The van der Waals surface area contributed by atoms with Gasteiger partial charge in [-0.25, -0.2) is 14.1 Å². The largest absolute Gasteiger partial charge is 0.472 e. The molecule has 1 saturated heterocycles. The Kier molecular flexibility index (Phi) is 22.2. The Morgan fingerprint density at radius 1 is 0.967 bits per heavy atom. The molecule has 17 heteroatoms. The van der Waals surface area contributed by atoms with E-state index in [0.29, 0.717) is 27.9 Å². The molecule has 1 unspecified atom stereocenters. The number of rotatable bonds is 32. The third kappa shape index (κ3) is 16.9. The number of nitrogens with two attached hydrogens (primary N) is 1. The molecule has 1 aliphatic heterocycles. The van der Waals surface area contributed by atoms with Crippen molar-refractivity contribution in [2.45, 2.75) is 166 Å². The molecule has 3 heterocycles. The van der Waals surface area contributed by atoms with Crippen molar-refractivity contribution in [3.63, 3.8) is 0 Å². The zero-order chi connectivity index (χ0) is 44.1. The van der Waals surface area contributed by atoms with Crippen LogP contribution < -0.4 is 5.73 Å². The number of hydrogen-bond donors (Lipinski definition) is 2. The zero-order valence-electron chi connectivity index (χ0n) is 36.5. The number of anilines is 1. The average Bonchev–Trinajstić information content (AvgIpc) is 3.84. The summed E-state index contributed by atoms with van der Waals surface area (Å²) < 4.78 is 55.8. The maximum atomic E-state index is 13.3. The molecule has 4 rings (SSSR count). The van der Waals surface area contributed by atoms with Gasteiger partial charge in [0.25, 0.3) is 0 Å². The number of ether oxygens (including phenoxy) is 5. The second-order valence-corrected chi connectivity index (χ2v) is 18.6. The Labute approximate surface area is 372 Å². The number of nitrogen functional groups attached to an aromatic ring is 1. The number of aromatic nitrogens is 3. The summed E-state index contributed by atoms with van der Waals surface area (Å²) in [5, 5.41) is 15.7. The molecule has 0 amide bonds. The summed E-state index contributed by atoms with van der Waals surface area (Å²) in [6.07, 6.45) is 19.5. The summed E-state index contributed by atoms with van der Waals surface area (Å²) in [5.74, 6) is -0.895. The quantitative estimate of drug-likeness (QED) is 0.0343. The van der Waals surface area contributed by atoms with E-state index in [2.05, 4.69) is 23.1 Å². The average molecular weight is 913 g/mol. The molecule has 0 aliphatic carbocycles. The van der Waals surface area contributed by atoms with Gasteiger partial charge in [-0.3, -0.25) is 9.05 Å². The first kappa shape index (κ1) is 51.3. The molecule has 61 heavy (non-hydrogen) atoms. The van der Waals surface area contributed by atoms with Crippen LogP contribution in [0.15, 0.2) is 36.7 Å². The van der Waals surface area contributed by atoms with Crippen LogP contribution in [0, 0.1) is 11.3 Å². The predicted octanol–water partition coefficient (Wildman–Crippen LogP) is 10.9. The molecule has 2 aromatic heterocycles. The molecule has 1 fully saturated rings. The van der Waals surface area contributed by atoms with Crippen molar-refractivity contribution in [1.82, 2.24) is 14.6 Å². The van der Waals surface area contributed by atoms with Crippen molar-refractivity contribution in [3.05, 3.63) is 58.0 Å². The van der Waals surface area contributed by atoms with E-state index in [-0.39, 0.29) is 32.1 Å². The van der Waals surface area contributed by atoms with Crippen LogP contribution in [0.5, 0.6) is 0 Å². The van der Waals surface area contributed by atoms with Crippen molar-refractivity contribution >= 4 is 42.4 Å². The van der Waals surface area contributed by atoms with E-state index < -0.39 is 44.1 Å². The first-order valence-corrected chi connectivity index (χ1v) is 24.2. The van der Waals surface area contributed by atoms with Crippen molar-refractivity contribution in [2.75, 3.05) is 39.3 Å². The molecular weight excluding hydrogens is 844 g/mol. The maximum absolute atomic E-state index is 13.3. The van der Waals surface area contributed by atoms with E-state index in [0.717, 1.165) is 24.8 Å². The normalized spacial score (nSPS) is 19.6. The number of methoxy groups -OCH3 is 1. The molecule has 0 radical (unpaired) electrons. The zero-order valence-corrected chi connectivity index (χ0v) is 38.9. The lowest BCUT2D eigenvalue weighted by molar-refractivity contribution is -0.241. The van der Waals surface area contributed by atoms with Crippen LogP contribution in [-0.4, -0.2) is 77.1 Å². The minimum Gasteiger partial charge on any atom is -0.382 e. The van der Waals surface area contributed by atoms with E-state index >= 15 is 0 Å². The number of halogens is 2. The van der Waals surface area contributed by atoms with Gasteiger partial charge < -0.3 is 34.3 Å². The van der Waals surface area contributed by atoms with E-state index in [4.69, 9.17) is 61.7 Å². The van der Waals surface area contributed by atoms with Gasteiger partial charge in [0.15, 0.2) is 11.6 Å². The molecule has 1 aliphatic rings. The molecular formula is C44H68Cl2N5O9P. The van der Waals surface area contributed by atoms with Gasteiger partial charge in [0.2, 0.25) is 5.60 Å². The van der Waals surface area contributed by atoms with E-state index in [9.17, 15) is 14.7 Å². The SMILES string of the molecule is CCCCCCCCCCCCCCCCCCOC[C@H](COP(=O)(O)OC[C@@H]1C[C@@H](OC(C)(C)OC)[C@](C#N)(c2ccc3c(N)ncnn23)O1)OCc1ccc(Cl)c(Cl)c1. The maximum Gasteiger partial charge on any atom is 0.472 e. The standard InChI is InChI=1S/C44H68Cl2N5O9P/c1-5-6-7-8-9-10-11-12-13-14-15-16-17-18-19-20-25-55-29-36(56-28-34-21-22-37(45)38(46)26-34)31-58-61(52,53)57-30-35-27-41(60-43(2,3)54-4)44(32-47,59-35)40-24-23-39-42(48)49-33-50-51(39)40/h21-24,26,33,35-36,41H,5-20,25,27-31H2,1-4H3,(H,52,53)(H2,48,49,50)/t35-,36+,41+,44-/m0/s1. The highest BCUT2D eigenvalue weighted by Crippen LogP contribution is 2.47. The summed E-state index contributed by atoms with van der Waals surface area (Å²) in [7, 11) is -3.17. The lowest BCUT2D eigenvalue weighted by Gasteiger charge is -2.33. The molecule has 1 aromatic carbocycles. The van der Waals surface area contributed by atoms with Gasteiger partial charge >= 0.3 is 7.82 Å². The monoisotopic (exact) mass is 911 g/mol. The lowest BCUT2D eigenvalue weighted by atomic mass is 9.93. The minimum atomic E-state index is -4.65. The minimum absolute atomic E-state index is 0.108. The number of benzene rings is 1. The fourth-order valence-electron chi connectivity index (χ4n) is 7.38. The molecule has 5 atom stereocenters. The summed E-state index contributed by atoms with van der Waals surface area (Å²) in [5.41, 5.74) is 5.92. The third-order valence-corrected chi connectivity index (χ3v) is 12.7. The smallest absolute Gasteiger partial charge is 0.382 e. The first-order valence-electron chi connectivity index (χ1n) is 22.0. The van der Waals surface area contributed by atoms with Crippen molar-refractivity contribution in [3.8, 4) is 6.07 Å². The Morgan fingerprint density at radius 2 is 1.61 bits per heavy atom. The fraction of sp³-hybridized carbons (Fsp3) is 0.705. The molecule has 0 spiro atoms. The second kappa shape index (κ2) is 26.4. The van der Waals surface area contributed by atoms with E-state index in [1.54, 1.807) is 44.2 Å². The highest BCUT2D eigenvalue weighted by Gasteiger charge is 2.55. The van der Waals surface area contributed by atoms with Crippen molar-refractivity contribution < 1.29 is 42.2 Å². The van der Waals surface area contributed by atoms with Crippen molar-refractivity contribution in [1.29, 1.82) is 5.26 Å². The number of hydrogen-bond acceptors (Lipinski definition) is 12. The molecule has 0 saturated carbocycles. The van der Waals surface area contributed by atoms with E-state index in [1.807, 2.05) is 0 Å². The Morgan fingerprint density at radius 3 is 2.21 bits per heavy atom. The van der Waals surface area contributed by atoms with E-state index in [1.165, 1.54) is 101 Å². The predicted molar refractivity (Wildman–Crippen MR) is 237 cm³/mol. The van der Waals surface area contributed by atoms with Crippen LogP contribution in [0.3, 0.4) is 0 Å². The summed E-state index contributed by atoms with van der Waals surface area (Å²) >= 11 is 12.3. The molecule has 3 N–H and O–H groups in total. The highest BCUT2D eigenvalue weighted by molar-refractivity contribution is 7.47. The van der Waals surface area contributed by atoms with Crippen LogP contribution >= 0.6 is 31.0 Å². The van der Waals surface area contributed by atoms with Gasteiger partial charge in [-0.05, 0) is 50.1 Å². The van der Waals surface area contributed by atoms with Crippen LogP contribution in [0.2, 0.25) is 10.0 Å².